The first-order valence-corrected chi connectivity index (χ1v) is 3.54. The van der Waals surface area contributed by atoms with Gasteiger partial charge in [0.05, 0.1) is 11.6 Å². The number of aromatic amines is 1. The van der Waals surface area contributed by atoms with Gasteiger partial charge in [-0.05, 0) is 31.1 Å². The highest BCUT2D eigenvalue weighted by molar-refractivity contribution is 5.81. The molecule has 0 saturated heterocycles. The molecule has 0 bridgehead atoms. The van der Waals surface area contributed by atoms with Crippen LogP contribution in [0.2, 0.25) is 0 Å². The van der Waals surface area contributed by atoms with Crippen molar-refractivity contribution < 1.29 is 4.11 Å². The van der Waals surface area contributed by atoms with Crippen molar-refractivity contribution in [3.05, 3.63) is 35.5 Å². The highest BCUT2D eigenvalue weighted by atomic mass is 14.7. The number of hydrogen-bond donors (Lipinski definition) is 1. The molecule has 0 unspecified atom stereocenters. The third-order valence-corrected chi connectivity index (χ3v) is 1.75. The van der Waals surface area contributed by atoms with Gasteiger partial charge in [-0.15, -0.1) is 0 Å². The first kappa shape index (κ1) is 4.32. The number of H-pyrrole nitrogens is 1. The predicted octanol–water partition coefficient (Wildman–Crippen LogP) is 2.35. The summed E-state index contributed by atoms with van der Waals surface area (Å²) in [6, 6.07) is 8.61. The van der Waals surface area contributed by atoms with E-state index in [1.165, 1.54) is 0 Å². The summed E-state index contributed by atoms with van der Waals surface area (Å²) in [5.41, 5.74) is 1.46. The molecule has 58 valence electrons. The van der Waals surface area contributed by atoms with Gasteiger partial charge in [-0.3, -0.25) is 0 Å². The van der Waals surface area contributed by atoms with E-state index in [0.29, 0.717) is 5.56 Å². The molecule has 0 radical (unpaired) electrons. The standard InChI is InChI=1S/C10H8N2/c1-7-4-9-5-8(6-11)2-3-10(9)12-7/h2-5,12H,1H3/i1D3. The topological polar surface area (TPSA) is 39.6 Å². The molecule has 0 aliphatic rings. The molecular weight excluding hydrogens is 148 g/mol. The van der Waals surface area contributed by atoms with Crippen LogP contribution in [0.1, 0.15) is 15.4 Å². The number of fused-ring (bicyclic) bond motifs is 1. The Hall–Kier alpha value is -1.75. The van der Waals surface area contributed by atoms with Gasteiger partial charge in [-0.1, -0.05) is 0 Å². The zero-order chi connectivity index (χ0) is 11.1. The zero-order valence-electron chi connectivity index (χ0n) is 9.26. The fourth-order valence-corrected chi connectivity index (χ4v) is 1.20. The highest BCUT2D eigenvalue weighted by Gasteiger charge is 1.97. The maximum atomic E-state index is 8.69. The number of hydrogen-bond acceptors (Lipinski definition) is 1. The molecule has 0 spiro atoms. The first-order chi connectivity index (χ1) is 7.00. The van der Waals surface area contributed by atoms with E-state index in [4.69, 9.17) is 9.37 Å². The number of nitriles is 1. The number of nitrogens with zero attached hydrogens (tertiary/aromatic N) is 1. The fourth-order valence-electron chi connectivity index (χ4n) is 1.20. The van der Waals surface area contributed by atoms with Crippen molar-refractivity contribution in [2.45, 2.75) is 6.85 Å². The molecule has 12 heavy (non-hydrogen) atoms. The maximum absolute atomic E-state index is 8.69. The molecule has 2 rings (SSSR count). The molecule has 0 fully saturated rings. The Kier molecular flexibility index (Phi) is 0.858. The van der Waals surface area contributed by atoms with E-state index in [1.807, 2.05) is 6.07 Å². The van der Waals surface area contributed by atoms with Gasteiger partial charge >= 0.3 is 0 Å². The summed E-state index contributed by atoms with van der Waals surface area (Å²) in [5.74, 6) is 0. The molecule has 1 heterocycles. The van der Waals surface area contributed by atoms with Crippen LogP contribution in [0.4, 0.5) is 0 Å². The molecule has 0 aliphatic carbocycles. The highest BCUT2D eigenvalue weighted by Crippen LogP contribution is 2.15. The largest absolute Gasteiger partial charge is 0.359 e. The van der Waals surface area contributed by atoms with Crippen molar-refractivity contribution in [2.24, 2.45) is 0 Å². The van der Waals surface area contributed by atoms with E-state index >= 15 is 0 Å². The molecule has 0 amide bonds. The normalized spacial score (nSPS) is 14.8. The van der Waals surface area contributed by atoms with Gasteiger partial charge in [0.25, 0.3) is 0 Å². The van der Waals surface area contributed by atoms with Crippen LogP contribution in [-0.4, -0.2) is 4.98 Å². The van der Waals surface area contributed by atoms with E-state index in [1.54, 1.807) is 24.3 Å². The second-order valence-corrected chi connectivity index (χ2v) is 2.60. The summed E-state index contributed by atoms with van der Waals surface area (Å²) in [7, 11) is 0. The molecule has 2 aromatic rings. The van der Waals surface area contributed by atoms with Crippen LogP contribution in [0.15, 0.2) is 24.3 Å². The fraction of sp³-hybridized carbons (Fsp3) is 0.100. The van der Waals surface area contributed by atoms with Crippen LogP contribution >= 0.6 is 0 Å². The van der Waals surface area contributed by atoms with Crippen molar-refractivity contribution in [1.82, 2.24) is 4.98 Å². The number of benzene rings is 1. The van der Waals surface area contributed by atoms with Gasteiger partial charge in [0.15, 0.2) is 0 Å². The van der Waals surface area contributed by atoms with Crippen molar-refractivity contribution >= 4 is 10.9 Å². The molecule has 2 nitrogen and oxygen atoms in total. The van der Waals surface area contributed by atoms with Crippen molar-refractivity contribution in [2.75, 3.05) is 0 Å². The summed E-state index contributed by atoms with van der Waals surface area (Å²) in [5, 5.41) is 9.44. The van der Waals surface area contributed by atoms with Crippen LogP contribution in [-0.2, 0) is 0 Å². The second kappa shape index (κ2) is 2.38. The van der Waals surface area contributed by atoms with E-state index in [9.17, 15) is 0 Å². The number of nitrogens with one attached hydrogen (secondary N) is 1. The molecule has 1 N–H and O–H groups in total. The van der Waals surface area contributed by atoms with Gasteiger partial charge in [-0.2, -0.15) is 5.26 Å². The van der Waals surface area contributed by atoms with Gasteiger partial charge in [0.1, 0.15) is 0 Å². The molecular formula is C10H8N2. The second-order valence-electron chi connectivity index (χ2n) is 2.60. The quantitative estimate of drug-likeness (QED) is 0.629. The smallest absolute Gasteiger partial charge is 0.0991 e. The summed E-state index contributed by atoms with van der Waals surface area (Å²) in [6.07, 6.45) is 0. The summed E-state index contributed by atoms with van der Waals surface area (Å²) in [4.78, 5) is 2.81. The minimum Gasteiger partial charge on any atom is -0.359 e. The summed E-state index contributed by atoms with van der Waals surface area (Å²) < 4.78 is 21.7. The molecule has 0 aliphatic heterocycles. The Morgan fingerprint density at radius 2 is 2.42 bits per heavy atom. The van der Waals surface area contributed by atoms with E-state index < -0.39 is 6.85 Å². The van der Waals surface area contributed by atoms with Crippen LogP contribution in [0.5, 0.6) is 0 Å². The van der Waals surface area contributed by atoms with Gasteiger partial charge in [-0.25, -0.2) is 0 Å². The average molecular weight is 159 g/mol. The van der Waals surface area contributed by atoms with Crippen LogP contribution in [0.3, 0.4) is 0 Å². The minimum absolute atomic E-state index is 0.201. The third-order valence-electron chi connectivity index (χ3n) is 1.75. The Morgan fingerprint density at radius 1 is 1.50 bits per heavy atom. The first-order valence-electron chi connectivity index (χ1n) is 5.04. The van der Waals surface area contributed by atoms with Crippen molar-refractivity contribution in [3.8, 4) is 6.07 Å². The van der Waals surface area contributed by atoms with Crippen molar-refractivity contribution in [3.63, 3.8) is 0 Å². The predicted molar refractivity (Wildman–Crippen MR) is 47.8 cm³/mol. The Bertz CT molecular complexity index is 546. The van der Waals surface area contributed by atoms with Gasteiger partial charge in [0.2, 0.25) is 0 Å². The van der Waals surface area contributed by atoms with Crippen LogP contribution in [0, 0.1) is 18.2 Å². The SMILES string of the molecule is [2H]C([2H])([2H])c1cc2cc(C#N)ccc2[nH]1. The van der Waals surface area contributed by atoms with Gasteiger partial charge in [0, 0.05) is 20.7 Å². The molecule has 0 saturated carbocycles. The zero-order valence-corrected chi connectivity index (χ0v) is 6.26. The lowest BCUT2D eigenvalue weighted by atomic mass is 10.2. The number of aromatic nitrogens is 1. The average Bonchev–Trinajstić information content (AvgIpc) is 2.59. The number of aryl methyl sites for hydroxylation is 1. The summed E-state index contributed by atoms with van der Waals surface area (Å²) in [6.45, 7) is -2.13. The molecule has 0 atom stereocenters. The van der Waals surface area contributed by atoms with Crippen molar-refractivity contribution in [1.29, 1.82) is 5.26 Å². The third kappa shape index (κ3) is 0.960. The van der Waals surface area contributed by atoms with E-state index in [0.717, 1.165) is 10.9 Å². The van der Waals surface area contributed by atoms with Crippen LogP contribution < -0.4 is 0 Å². The monoisotopic (exact) mass is 159 g/mol. The minimum atomic E-state index is -2.13. The lowest BCUT2D eigenvalue weighted by molar-refractivity contribution is 1.30. The lowest BCUT2D eigenvalue weighted by Gasteiger charge is -1.88. The van der Waals surface area contributed by atoms with Gasteiger partial charge < -0.3 is 4.98 Å². The van der Waals surface area contributed by atoms with Crippen LogP contribution in [0.25, 0.3) is 10.9 Å². The van der Waals surface area contributed by atoms with E-state index in [-0.39, 0.29) is 5.69 Å². The Labute approximate surface area is 74.7 Å². The van der Waals surface area contributed by atoms with E-state index in [2.05, 4.69) is 4.98 Å². The lowest BCUT2D eigenvalue weighted by Crippen LogP contribution is -1.72. The number of rotatable bonds is 0. The Balaban J connectivity index is 2.62. The Morgan fingerprint density at radius 3 is 3.17 bits per heavy atom. The molecule has 1 aromatic heterocycles. The molecule has 2 heteroatoms. The molecule has 1 aromatic carbocycles. The maximum Gasteiger partial charge on any atom is 0.0991 e. The summed E-state index contributed by atoms with van der Waals surface area (Å²) >= 11 is 0.